The topological polar surface area (TPSA) is 98.8 Å². The molecule has 212 valence electrons. The van der Waals surface area contributed by atoms with Gasteiger partial charge in [0.05, 0.1) is 56.2 Å². The fourth-order valence-electron chi connectivity index (χ4n) is 4.46. The van der Waals surface area contributed by atoms with E-state index in [0.29, 0.717) is 17.1 Å². The zero-order chi connectivity index (χ0) is 29.2. The van der Waals surface area contributed by atoms with Crippen LogP contribution in [-0.2, 0) is 9.53 Å². The van der Waals surface area contributed by atoms with Crippen LogP contribution in [0.4, 0.5) is 0 Å². The van der Waals surface area contributed by atoms with Crippen molar-refractivity contribution in [3.63, 3.8) is 0 Å². The van der Waals surface area contributed by atoms with Gasteiger partial charge >= 0.3 is 5.97 Å². The summed E-state index contributed by atoms with van der Waals surface area (Å²) in [6.07, 6.45) is 3.02. The Morgan fingerprint density at radius 1 is 0.650 bits per heavy atom. The third-order valence-electron chi connectivity index (χ3n) is 6.43. The van der Waals surface area contributed by atoms with Crippen molar-refractivity contribution in [1.29, 1.82) is 0 Å². The molecule has 0 amide bonds. The summed E-state index contributed by atoms with van der Waals surface area (Å²) in [6, 6.07) is 14.5. The minimum Gasteiger partial charge on any atom is -0.497 e. The number of ether oxygens (including phenoxy) is 7. The molecule has 9 heteroatoms. The summed E-state index contributed by atoms with van der Waals surface area (Å²) < 4.78 is 38.5. The molecule has 0 N–H and O–H groups in total. The van der Waals surface area contributed by atoms with Crippen LogP contribution in [0.2, 0.25) is 0 Å². The fourth-order valence-corrected chi connectivity index (χ4v) is 4.46. The van der Waals surface area contributed by atoms with Crippen molar-refractivity contribution in [3.05, 3.63) is 76.9 Å². The fraction of sp³-hybridized carbons (Fsp3) is 0.290. The highest BCUT2D eigenvalue weighted by Crippen LogP contribution is 2.53. The lowest BCUT2D eigenvalue weighted by molar-refractivity contribution is -0.140. The predicted molar refractivity (Wildman–Crippen MR) is 150 cm³/mol. The Balaban J connectivity index is 2.29. The second kappa shape index (κ2) is 13.9. The molecule has 9 nitrogen and oxygen atoms in total. The Hall–Kier alpha value is -4.66. The molecule has 0 bridgehead atoms. The van der Waals surface area contributed by atoms with Gasteiger partial charge in [0.2, 0.25) is 5.75 Å². The highest BCUT2D eigenvalue weighted by molar-refractivity contribution is 6.12. The third kappa shape index (κ3) is 6.31. The monoisotopic (exact) mass is 550 g/mol. The van der Waals surface area contributed by atoms with E-state index in [4.69, 9.17) is 33.2 Å². The van der Waals surface area contributed by atoms with Gasteiger partial charge in [0.15, 0.2) is 17.3 Å². The highest BCUT2D eigenvalue weighted by atomic mass is 16.5. The second-order valence-electron chi connectivity index (χ2n) is 8.50. The minimum absolute atomic E-state index is 0.0691. The number of rotatable bonds is 13. The standard InChI is InChI=1S/C31H34O9/c1-34-21-13-8-19(9-14-21)10-17-24(32)27-28(37-4)26(29(38-5)31(40-7)30(27)39-6)23(18-25(33)36-3)20-11-15-22(35-2)16-12-20/h8-17,23H,18H2,1-7H3/b17-10+. The average molecular weight is 551 g/mol. The van der Waals surface area contributed by atoms with Crippen LogP contribution in [0.5, 0.6) is 34.5 Å². The van der Waals surface area contributed by atoms with Gasteiger partial charge < -0.3 is 33.2 Å². The number of allylic oxidation sites excluding steroid dienone is 1. The van der Waals surface area contributed by atoms with Crippen molar-refractivity contribution in [1.82, 2.24) is 0 Å². The van der Waals surface area contributed by atoms with Crippen LogP contribution in [0.3, 0.4) is 0 Å². The Bertz CT molecular complexity index is 1340. The first-order valence-corrected chi connectivity index (χ1v) is 12.3. The van der Waals surface area contributed by atoms with Crippen molar-refractivity contribution < 1.29 is 42.7 Å². The Labute approximate surface area is 234 Å². The van der Waals surface area contributed by atoms with Crippen LogP contribution in [0.1, 0.15) is 39.4 Å². The van der Waals surface area contributed by atoms with E-state index in [-0.39, 0.29) is 35.0 Å². The molecule has 0 aromatic heterocycles. The SMILES string of the molecule is COC(=O)CC(c1ccc(OC)cc1)c1c(OC)c(OC)c(OC)c(C(=O)/C=C/c2ccc(OC)cc2)c1OC. The van der Waals surface area contributed by atoms with E-state index in [0.717, 1.165) is 11.1 Å². The normalized spacial score (nSPS) is 11.5. The molecule has 0 aliphatic heterocycles. The average Bonchev–Trinajstić information content (AvgIpc) is 3.01. The van der Waals surface area contributed by atoms with E-state index in [1.165, 1.54) is 41.6 Å². The smallest absolute Gasteiger partial charge is 0.306 e. The quantitative estimate of drug-likeness (QED) is 0.159. The maximum Gasteiger partial charge on any atom is 0.306 e. The summed E-state index contributed by atoms with van der Waals surface area (Å²) >= 11 is 0. The molecule has 0 fully saturated rings. The van der Waals surface area contributed by atoms with Crippen molar-refractivity contribution in [3.8, 4) is 34.5 Å². The van der Waals surface area contributed by atoms with Crippen LogP contribution < -0.4 is 28.4 Å². The second-order valence-corrected chi connectivity index (χ2v) is 8.50. The maximum atomic E-state index is 13.8. The van der Waals surface area contributed by atoms with Gasteiger partial charge in [-0.15, -0.1) is 0 Å². The lowest BCUT2D eigenvalue weighted by Crippen LogP contribution is -2.16. The van der Waals surface area contributed by atoms with Gasteiger partial charge in [-0.2, -0.15) is 0 Å². The molecular weight excluding hydrogens is 516 g/mol. The van der Waals surface area contributed by atoms with E-state index in [2.05, 4.69) is 0 Å². The first-order valence-electron chi connectivity index (χ1n) is 12.3. The molecule has 0 saturated heterocycles. The van der Waals surface area contributed by atoms with Gasteiger partial charge in [-0.25, -0.2) is 0 Å². The number of methoxy groups -OCH3 is 7. The van der Waals surface area contributed by atoms with Crippen LogP contribution in [0.25, 0.3) is 6.08 Å². The van der Waals surface area contributed by atoms with Gasteiger partial charge in [-0.3, -0.25) is 9.59 Å². The van der Waals surface area contributed by atoms with Gasteiger partial charge in [0.25, 0.3) is 0 Å². The maximum absolute atomic E-state index is 13.8. The van der Waals surface area contributed by atoms with E-state index >= 15 is 0 Å². The molecule has 0 radical (unpaired) electrons. The number of hydrogen-bond donors (Lipinski definition) is 0. The van der Waals surface area contributed by atoms with Gasteiger partial charge in [0.1, 0.15) is 22.8 Å². The number of carbonyl (C=O) groups excluding carboxylic acids is 2. The Kier molecular flexibility index (Phi) is 10.4. The molecule has 0 heterocycles. The number of benzene rings is 3. The largest absolute Gasteiger partial charge is 0.497 e. The molecule has 1 unspecified atom stereocenters. The van der Waals surface area contributed by atoms with Crippen molar-refractivity contribution >= 4 is 17.8 Å². The van der Waals surface area contributed by atoms with Crippen molar-refractivity contribution in [2.75, 3.05) is 49.8 Å². The predicted octanol–water partition coefficient (Wildman–Crippen LogP) is 5.33. The minimum atomic E-state index is -0.639. The Morgan fingerprint density at radius 3 is 1.65 bits per heavy atom. The number of hydrogen-bond acceptors (Lipinski definition) is 9. The van der Waals surface area contributed by atoms with E-state index in [9.17, 15) is 9.59 Å². The van der Waals surface area contributed by atoms with Crippen LogP contribution in [-0.4, -0.2) is 61.5 Å². The number of ketones is 1. The highest BCUT2D eigenvalue weighted by Gasteiger charge is 2.35. The summed E-state index contributed by atoms with van der Waals surface area (Å²) in [4.78, 5) is 26.4. The summed E-state index contributed by atoms with van der Waals surface area (Å²) in [5.41, 5.74) is 2.07. The van der Waals surface area contributed by atoms with Gasteiger partial charge in [0, 0.05) is 11.5 Å². The van der Waals surface area contributed by atoms with Crippen LogP contribution in [0, 0.1) is 0 Å². The zero-order valence-electron chi connectivity index (χ0n) is 23.7. The third-order valence-corrected chi connectivity index (χ3v) is 6.43. The van der Waals surface area contributed by atoms with Gasteiger partial charge in [-0.05, 0) is 41.5 Å². The lowest BCUT2D eigenvalue weighted by atomic mass is 9.84. The number of carbonyl (C=O) groups is 2. The van der Waals surface area contributed by atoms with E-state index < -0.39 is 17.7 Å². The molecule has 40 heavy (non-hydrogen) atoms. The molecule has 0 saturated carbocycles. The molecule has 3 rings (SSSR count). The first-order chi connectivity index (χ1) is 19.4. The summed E-state index contributed by atoms with van der Waals surface area (Å²) in [7, 11) is 10.2. The first kappa shape index (κ1) is 29.9. The molecular formula is C31H34O9. The van der Waals surface area contributed by atoms with Crippen molar-refractivity contribution in [2.24, 2.45) is 0 Å². The lowest BCUT2D eigenvalue weighted by Gasteiger charge is -2.27. The summed E-state index contributed by atoms with van der Waals surface area (Å²) in [6.45, 7) is 0. The van der Waals surface area contributed by atoms with Gasteiger partial charge in [-0.1, -0.05) is 30.3 Å². The van der Waals surface area contributed by atoms with Crippen LogP contribution >= 0.6 is 0 Å². The summed E-state index contributed by atoms with van der Waals surface area (Å²) in [5, 5.41) is 0. The molecule has 0 spiro atoms. The van der Waals surface area contributed by atoms with E-state index in [1.54, 1.807) is 44.6 Å². The molecule has 3 aromatic rings. The number of esters is 1. The molecule has 3 aromatic carbocycles. The van der Waals surface area contributed by atoms with Crippen LogP contribution in [0.15, 0.2) is 54.6 Å². The molecule has 0 aliphatic carbocycles. The molecule has 0 aliphatic rings. The van der Waals surface area contributed by atoms with E-state index in [1.807, 2.05) is 24.3 Å². The summed E-state index contributed by atoms with van der Waals surface area (Å²) in [5.74, 6) is 0.602. The molecule has 1 atom stereocenters. The Morgan fingerprint density at radius 2 is 1.18 bits per heavy atom. The van der Waals surface area contributed by atoms with Crippen molar-refractivity contribution in [2.45, 2.75) is 12.3 Å². The zero-order valence-corrected chi connectivity index (χ0v) is 23.7.